The number of nitrogens with two attached hydrogens (primary N) is 1. The number of amides is 1. The van der Waals surface area contributed by atoms with Gasteiger partial charge in [0.1, 0.15) is 11.5 Å². The number of carbonyl (C=O) groups is 1. The van der Waals surface area contributed by atoms with Gasteiger partial charge in [0, 0.05) is 33.2 Å². The molecule has 2 aliphatic rings. The average Bonchev–Trinajstić information content (AvgIpc) is 3.23. The molecule has 0 spiro atoms. The molecule has 8 heteroatoms. The lowest BCUT2D eigenvalue weighted by atomic mass is 9.92. The maximum atomic E-state index is 13.0. The summed E-state index contributed by atoms with van der Waals surface area (Å²) in [5, 5.41) is 7.44. The Hall–Kier alpha value is -3.78. The van der Waals surface area contributed by atoms with E-state index >= 15 is 0 Å². The molecule has 0 saturated heterocycles. The lowest BCUT2D eigenvalue weighted by Gasteiger charge is -2.38. The predicted molar refractivity (Wildman–Crippen MR) is 167 cm³/mol. The van der Waals surface area contributed by atoms with Gasteiger partial charge in [-0.25, -0.2) is 4.99 Å². The first kappa shape index (κ1) is 29.2. The van der Waals surface area contributed by atoms with Crippen molar-refractivity contribution in [2.75, 3.05) is 0 Å². The first-order valence-corrected chi connectivity index (χ1v) is 14.4. The largest absolute Gasteiger partial charge is 0.401 e. The van der Waals surface area contributed by atoms with Gasteiger partial charge in [-0.1, -0.05) is 76.2 Å². The van der Waals surface area contributed by atoms with Crippen LogP contribution in [0.5, 0.6) is 0 Å². The SMILES string of the molecule is Cc1ccc(N=C(C=C(N)C(C)(C)C)NC(=O)Cc2ccc(SC3=CN4C(=NNC4(C)C(C)C)C=C3)cc2)cc1. The van der Waals surface area contributed by atoms with Gasteiger partial charge in [-0.2, -0.15) is 5.10 Å². The molecule has 2 heterocycles. The van der Waals surface area contributed by atoms with E-state index in [1.165, 1.54) is 0 Å². The van der Waals surface area contributed by atoms with Crippen LogP contribution in [0.15, 0.2) is 98.6 Å². The zero-order valence-corrected chi connectivity index (χ0v) is 25.3. The van der Waals surface area contributed by atoms with Crippen molar-refractivity contribution >= 4 is 35.0 Å². The number of hydrogen-bond acceptors (Lipinski definition) is 7. The summed E-state index contributed by atoms with van der Waals surface area (Å²) < 4.78 is 0. The van der Waals surface area contributed by atoms with E-state index in [0.717, 1.165) is 32.5 Å². The summed E-state index contributed by atoms with van der Waals surface area (Å²) in [6.45, 7) is 14.6. The third-order valence-corrected chi connectivity index (χ3v) is 8.14. The number of hydrazone groups is 1. The van der Waals surface area contributed by atoms with Crippen molar-refractivity contribution in [3.05, 3.63) is 94.7 Å². The van der Waals surface area contributed by atoms with Gasteiger partial charge in [0.25, 0.3) is 0 Å². The molecule has 210 valence electrons. The van der Waals surface area contributed by atoms with E-state index in [1.54, 1.807) is 17.8 Å². The Balaban J connectivity index is 1.43. The number of allylic oxidation sites excluding steroid dienone is 2. The summed E-state index contributed by atoms with van der Waals surface area (Å²) >= 11 is 1.68. The number of amidine groups is 2. The summed E-state index contributed by atoms with van der Waals surface area (Å²) in [5.74, 6) is 1.57. The van der Waals surface area contributed by atoms with E-state index in [-0.39, 0.29) is 23.4 Å². The van der Waals surface area contributed by atoms with E-state index < -0.39 is 0 Å². The average molecular weight is 557 g/mol. The molecule has 2 aromatic rings. The van der Waals surface area contributed by atoms with Crippen molar-refractivity contribution in [2.24, 2.45) is 27.2 Å². The van der Waals surface area contributed by atoms with Crippen LogP contribution in [-0.4, -0.2) is 28.1 Å². The third-order valence-electron chi connectivity index (χ3n) is 7.15. The molecule has 4 rings (SSSR count). The summed E-state index contributed by atoms with van der Waals surface area (Å²) in [5.41, 5.74) is 12.6. The smallest absolute Gasteiger partial charge is 0.229 e. The number of nitrogens with one attached hydrogen (secondary N) is 2. The van der Waals surface area contributed by atoms with Crippen LogP contribution in [0.3, 0.4) is 0 Å². The van der Waals surface area contributed by atoms with Gasteiger partial charge >= 0.3 is 0 Å². The van der Waals surface area contributed by atoms with Crippen LogP contribution in [0.4, 0.5) is 5.69 Å². The lowest BCUT2D eigenvalue weighted by molar-refractivity contribution is -0.119. The van der Waals surface area contributed by atoms with E-state index in [9.17, 15) is 4.79 Å². The molecule has 0 aromatic heterocycles. The van der Waals surface area contributed by atoms with Crippen LogP contribution in [0.25, 0.3) is 0 Å². The Bertz CT molecular complexity index is 1390. The van der Waals surface area contributed by atoms with Gasteiger partial charge in [-0.3, -0.25) is 10.2 Å². The molecule has 4 N–H and O–H groups in total. The maximum absolute atomic E-state index is 13.0. The Labute approximate surface area is 242 Å². The number of nitrogens with zero attached hydrogens (tertiary/aromatic N) is 3. The number of fused-ring (bicyclic) bond motifs is 1. The normalized spacial score (nSPS) is 19.2. The van der Waals surface area contributed by atoms with Crippen molar-refractivity contribution in [1.82, 2.24) is 15.6 Å². The Kier molecular flexibility index (Phi) is 8.59. The lowest BCUT2D eigenvalue weighted by Crippen LogP contribution is -2.53. The molecule has 1 unspecified atom stereocenters. The molecule has 1 atom stereocenters. The number of hydrogen-bond donors (Lipinski definition) is 3. The second kappa shape index (κ2) is 11.8. The topological polar surface area (TPSA) is 95.1 Å². The second-order valence-electron chi connectivity index (χ2n) is 11.8. The quantitative estimate of drug-likeness (QED) is 0.272. The molecular formula is C32H40N6OS. The molecule has 40 heavy (non-hydrogen) atoms. The Morgan fingerprint density at radius 2 is 1.82 bits per heavy atom. The minimum Gasteiger partial charge on any atom is -0.401 e. The highest BCUT2D eigenvalue weighted by Gasteiger charge is 2.40. The molecular weight excluding hydrogens is 516 g/mol. The van der Waals surface area contributed by atoms with Crippen molar-refractivity contribution in [3.8, 4) is 0 Å². The third kappa shape index (κ3) is 7.04. The zero-order chi connectivity index (χ0) is 29.1. The van der Waals surface area contributed by atoms with E-state index in [4.69, 9.17) is 5.73 Å². The highest BCUT2D eigenvalue weighted by atomic mass is 32.2. The second-order valence-corrected chi connectivity index (χ2v) is 12.9. The molecule has 0 bridgehead atoms. The molecule has 0 aliphatic carbocycles. The van der Waals surface area contributed by atoms with Gasteiger partial charge < -0.3 is 16.0 Å². The predicted octanol–water partition coefficient (Wildman–Crippen LogP) is 6.37. The van der Waals surface area contributed by atoms with Gasteiger partial charge in [0.05, 0.1) is 12.1 Å². The molecule has 0 fully saturated rings. The standard InChI is InChI=1S/C32H40N6OS/c1-21(2)32(7)37-36-29-17-16-26(20-38(29)32)40-25-14-10-23(11-15-25)18-30(39)35-28(19-27(33)31(4,5)6)34-24-12-8-22(3)9-13-24/h8-17,19-21,37H,18,33H2,1-7H3,(H,34,35,39). The van der Waals surface area contributed by atoms with Gasteiger partial charge in [0.2, 0.25) is 5.91 Å². The van der Waals surface area contributed by atoms with Gasteiger partial charge in [0.15, 0.2) is 5.84 Å². The van der Waals surface area contributed by atoms with Crippen LogP contribution in [0.1, 0.15) is 52.7 Å². The fourth-order valence-corrected chi connectivity index (χ4v) is 4.87. The number of rotatable bonds is 7. The molecule has 2 aromatic carbocycles. The number of thioether (sulfide) groups is 1. The van der Waals surface area contributed by atoms with Crippen LogP contribution < -0.4 is 16.5 Å². The van der Waals surface area contributed by atoms with Crippen molar-refractivity contribution in [1.29, 1.82) is 0 Å². The highest BCUT2D eigenvalue weighted by molar-refractivity contribution is 8.03. The summed E-state index contributed by atoms with van der Waals surface area (Å²) in [7, 11) is 0. The minimum absolute atomic E-state index is 0.150. The fraction of sp³-hybridized carbons (Fsp3) is 0.344. The van der Waals surface area contributed by atoms with Crippen molar-refractivity contribution < 1.29 is 4.79 Å². The highest BCUT2D eigenvalue weighted by Crippen LogP contribution is 2.35. The van der Waals surface area contributed by atoms with E-state index in [1.807, 2.05) is 82.3 Å². The first-order valence-electron chi connectivity index (χ1n) is 13.6. The zero-order valence-electron chi connectivity index (χ0n) is 24.4. The fourth-order valence-electron chi connectivity index (χ4n) is 4.03. The van der Waals surface area contributed by atoms with Gasteiger partial charge in [-0.15, -0.1) is 0 Å². The Morgan fingerprint density at radius 3 is 2.45 bits per heavy atom. The molecule has 1 amide bonds. The number of carbonyl (C=O) groups excluding carboxylic acids is 1. The summed E-state index contributed by atoms with van der Waals surface area (Å²) in [6.07, 6.45) is 8.25. The first-order chi connectivity index (χ1) is 18.8. The van der Waals surface area contributed by atoms with Crippen molar-refractivity contribution in [2.45, 2.75) is 65.4 Å². The maximum Gasteiger partial charge on any atom is 0.229 e. The van der Waals surface area contributed by atoms with Crippen molar-refractivity contribution in [3.63, 3.8) is 0 Å². The van der Waals surface area contributed by atoms with Gasteiger partial charge in [-0.05, 0) is 61.7 Å². The van der Waals surface area contributed by atoms with Crippen LogP contribution in [-0.2, 0) is 11.2 Å². The van der Waals surface area contributed by atoms with Crippen LogP contribution in [0.2, 0.25) is 0 Å². The Morgan fingerprint density at radius 1 is 1.15 bits per heavy atom. The molecule has 0 saturated carbocycles. The summed E-state index contributed by atoms with van der Waals surface area (Å²) in [4.78, 5) is 22.1. The van der Waals surface area contributed by atoms with Crippen LogP contribution >= 0.6 is 11.8 Å². The minimum atomic E-state index is -0.253. The monoisotopic (exact) mass is 556 g/mol. The number of benzene rings is 2. The molecule has 2 aliphatic heterocycles. The number of aryl methyl sites for hydroxylation is 1. The van der Waals surface area contributed by atoms with Crippen LogP contribution in [0, 0.1) is 18.3 Å². The molecule has 0 radical (unpaired) electrons. The van der Waals surface area contributed by atoms with E-state index in [0.29, 0.717) is 17.5 Å². The van der Waals surface area contributed by atoms with E-state index in [2.05, 4.69) is 58.8 Å². The number of aliphatic imine (C=N–C) groups is 1. The molecule has 7 nitrogen and oxygen atoms in total. The summed E-state index contributed by atoms with van der Waals surface area (Å²) in [6, 6.07) is 15.9.